The third-order valence-corrected chi connectivity index (χ3v) is 4.99. The number of carbonyl (C=O) groups is 1. The predicted octanol–water partition coefficient (Wildman–Crippen LogP) is 4.77. The van der Waals surface area contributed by atoms with E-state index in [0.717, 1.165) is 12.1 Å². The second-order valence-corrected chi connectivity index (χ2v) is 7.14. The fourth-order valence-electron chi connectivity index (χ4n) is 2.97. The maximum Gasteiger partial charge on any atom is 0.417 e. The molecule has 4 aromatic rings. The second-order valence-electron chi connectivity index (χ2n) is 6.28. The van der Waals surface area contributed by atoms with Gasteiger partial charge in [0.25, 0.3) is 5.91 Å². The van der Waals surface area contributed by atoms with E-state index in [4.69, 9.17) is 0 Å². The Labute approximate surface area is 171 Å². The Morgan fingerprint density at radius 1 is 1.14 bits per heavy atom. The Kier molecular flexibility index (Phi) is 4.65. The van der Waals surface area contributed by atoms with E-state index in [1.165, 1.54) is 16.8 Å². The quantitative estimate of drug-likeness (QED) is 0.475. The van der Waals surface area contributed by atoms with Crippen molar-refractivity contribution in [1.29, 1.82) is 0 Å². The number of alkyl halides is 3. The number of pyridine rings is 1. The lowest BCUT2D eigenvalue weighted by Gasteiger charge is -2.14. The van der Waals surface area contributed by atoms with E-state index in [-0.39, 0.29) is 16.8 Å². The smallest absolute Gasteiger partial charge is 0.318 e. The van der Waals surface area contributed by atoms with Crippen LogP contribution in [0.1, 0.15) is 15.9 Å². The summed E-state index contributed by atoms with van der Waals surface area (Å²) in [5.41, 5.74) is 0.102. The van der Waals surface area contributed by atoms with Crippen LogP contribution in [-0.4, -0.2) is 25.1 Å². The summed E-state index contributed by atoms with van der Waals surface area (Å²) in [6.45, 7) is 0. The minimum Gasteiger partial charge on any atom is -0.318 e. The van der Waals surface area contributed by atoms with Gasteiger partial charge < -0.3 is 9.72 Å². The normalized spacial score (nSPS) is 11.8. The fourth-order valence-corrected chi connectivity index (χ4v) is 3.36. The van der Waals surface area contributed by atoms with Gasteiger partial charge in [-0.25, -0.2) is 4.98 Å². The van der Waals surface area contributed by atoms with Crippen molar-refractivity contribution in [2.75, 3.05) is 5.32 Å². The molecule has 0 saturated heterocycles. The topological polar surface area (TPSA) is 64.2 Å². The molecule has 6 nitrogen and oxygen atoms in total. The highest BCUT2D eigenvalue weighted by Gasteiger charge is 2.34. The van der Waals surface area contributed by atoms with Gasteiger partial charge in [-0.1, -0.05) is 0 Å². The van der Waals surface area contributed by atoms with E-state index in [2.05, 4.69) is 31.3 Å². The number of carbonyl (C=O) groups excluding carboxylic acids is 1. The van der Waals surface area contributed by atoms with Crippen LogP contribution in [0.25, 0.3) is 16.9 Å². The molecule has 29 heavy (non-hydrogen) atoms. The average Bonchev–Trinajstić information content (AvgIpc) is 3.31. The monoisotopic (exact) mass is 463 g/mol. The molecule has 3 heterocycles. The standard InChI is InChI=1S/C19H13BrF3N5O/c1-27-7-5-15(26-27)12-10-11(2-3-13(12)19(21,22)23)18(29)25-16-14(20)4-8-28-9-6-24-17(16)28/h2-10H,1H3,(H,25,29). The van der Waals surface area contributed by atoms with Gasteiger partial charge >= 0.3 is 6.18 Å². The van der Waals surface area contributed by atoms with Crippen molar-refractivity contribution < 1.29 is 18.0 Å². The van der Waals surface area contributed by atoms with Crippen LogP contribution in [0.5, 0.6) is 0 Å². The van der Waals surface area contributed by atoms with Gasteiger partial charge in [0.2, 0.25) is 0 Å². The summed E-state index contributed by atoms with van der Waals surface area (Å²) in [6.07, 6.45) is 2.02. The number of aryl methyl sites for hydroxylation is 1. The van der Waals surface area contributed by atoms with Crippen LogP contribution in [0.4, 0.5) is 18.9 Å². The molecule has 0 aliphatic rings. The summed E-state index contributed by atoms with van der Waals surface area (Å²) < 4.78 is 44.1. The summed E-state index contributed by atoms with van der Waals surface area (Å²) >= 11 is 3.37. The van der Waals surface area contributed by atoms with Gasteiger partial charge in [0.1, 0.15) is 0 Å². The molecule has 0 atom stereocenters. The summed E-state index contributed by atoms with van der Waals surface area (Å²) in [7, 11) is 1.61. The van der Waals surface area contributed by atoms with E-state index in [0.29, 0.717) is 15.8 Å². The molecule has 0 saturated carbocycles. The lowest BCUT2D eigenvalue weighted by Crippen LogP contribution is -2.15. The molecule has 148 valence electrons. The summed E-state index contributed by atoms with van der Waals surface area (Å²) in [4.78, 5) is 17.0. The van der Waals surface area contributed by atoms with Crippen molar-refractivity contribution in [2.45, 2.75) is 6.18 Å². The molecular formula is C19H13BrF3N5O. The highest BCUT2D eigenvalue weighted by atomic mass is 79.9. The van der Waals surface area contributed by atoms with Crippen LogP contribution in [0.15, 0.2) is 59.6 Å². The van der Waals surface area contributed by atoms with E-state index in [1.807, 2.05) is 0 Å². The number of halogens is 4. The molecule has 0 aliphatic heterocycles. The number of anilines is 1. The maximum atomic E-state index is 13.5. The lowest BCUT2D eigenvalue weighted by atomic mass is 10.0. The number of hydrogen-bond acceptors (Lipinski definition) is 3. The zero-order chi connectivity index (χ0) is 20.8. The highest BCUT2D eigenvalue weighted by Crippen LogP contribution is 2.37. The Hall–Kier alpha value is -3.14. The number of benzene rings is 1. The van der Waals surface area contributed by atoms with E-state index in [1.54, 1.807) is 42.3 Å². The van der Waals surface area contributed by atoms with Crippen molar-refractivity contribution in [1.82, 2.24) is 19.2 Å². The van der Waals surface area contributed by atoms with Gasteiger partial charge in [0.15, 0.2) is 5.65 Å². The van der Waals surface area contributed by atoms with Crippen LogP contribution < -0.4 is 5.32 Å². The second kappa shape index (κ2) is 7.03. The molecule has 1 N–H and O–H groups in total. The first-order chi connectivity index (χ1) is 13.7. The number of fused-ring (bicyclic) bond motifs is 1. The van der Waals surface area contributed by atoms with Gasteiger partial charge in [0.05, 0.1) is 16.9 Å². The number of rotatable bonds is 3. The van der Waals surface area contributed by atoms with Crippen molar-refractivity contribution in [3.8, 4) is 11.3 Å². The van der Waals surface area contributed by atoms with Gasteiger partial charge in [0, 0.05) is 47.4 Å². The van der Waals surface area contributed by atoms with E-state index in [9.17, 15) is 18.0 Å². The van der Waals surface area contributed by atoms with E-state index >= 15 is 0 Å². The Balaban J connectivity index is 1.76. The summed E-state index contributed by atoms with van der Waals surface area (Å²) in [5, 5.41) is 6.77. The molecule has 0 radical (unpaired) electrons. The first-order valence-corrected chi connectivity index (χ1v) is 9.17. The third kappa shape index (κ3) is 3.63. The van der Waals surface area contributed by atoms with Crippen LogP contribution in [0.3, 0.4) is 0 Å². The number of nitrogens with zero attached hydrogens (tertiary/aromatic N) is 4. The number of imidazole rings is 1. The van der Waals surface area contributed by atoms with Crippen molar-refractivity contribution >= 4 is 33.2 Å². The summed E-state index contributed by atoms with van der Waals surface area (Å²) in [6, 6.07) is 6.43. The number of amides is 1. The molecular weight excluding hydrogens is 451 g/mol. The Bertz CT molecular complexity index is 1230. The number of nitrogens with one attached hydrogen (secondary N) is 1. The SMILES string of the molecule is Cn1ccc(-c2cc(C(=O)Nc3c(Br)ccn4ccnc34)ccc2C(F)(F)F)n1. The van der Waals surface area contributed by atoms with Crippen molar-refractivity contribution in [3.05, 3.63) is 70.7 Å². The lowest BCUT2D eigenvalue weighted by molar-refractivity contribution is -0.137. The zero-order valence-corrected chi connectivity index (χ0v) is 16.5. The minimum atomic E-state index is -4.58. The first kappa shape index (κ1) is 19.2. The molecule has 10 heteroatoms. The molecule has 3 aromatic heterocycles. The van der Waals surface area contributed by atoms with Gasteiger partial charge in [-0.15, -0.1) is 0 Å². The highest BCUT2D eigenvalue weighted by molar-refractivity contribution is 9.10. The Morgan fingerprint density at radius 2 is 1.93 bits per heavy atom. The Morgan fingerprint density at radius 3 is 2.62 bits per heavy atom. The molecule has 0 spiro atoms. The fraction of sp³-hybridized carbons (Fsp3) is 0.105. The molecule has 0 fully saturated rings. The minimum absolute atomic E-state index is 0.0686. The van der Waals surface area contributed by atoms with Crippen LogP contribution >= 0.6 is 15.9 Å². The molecule has 4 rings (SSSR count). The first-order valence-electron chi connectivity index (χ1n) is 8.38. The summed E-state index contributed by atoms with van der Waals surface area (Å²) in [5.74, 6) is -0.562. The number of aromatic nitrogens is 4. The van der Waals surface area contributed by atoms with Gasteiger partial charge in [-0.05, 0) is 46.3 Å². The zero-order valence-electron chi connectivity index (χ0n) is 14.9. The maximum absolute atomic E-state index is 13.5. The third-order valence-electron chi connectivity index (χ3n) is 4.33. The largest absolute Gasteiger partial charge is 0.417 e. The molecule has 1 aromatic carbocycles. The molecule has 0 aliphatic carbocycles. The van der Waals surface area contributed by atoms with Gasteiger partial charge in [-0.3, -0.25) is 9.48 Å². The average molecular weight is 464 g/mol. The number of hydrogen-bond donors (Lipinski definition) is 1. The molecule has 0 unspecified atom stereocenters. The van der Waals surface area contributed by atoms with Crippen molar-refractivity contribution in [2.24, 2.45) is 7.05 Å². The molecule has 0 bridgehead atoms. The van der Waals surface area contributed by atoms with Crippen LogP contribution in [-0.2, 0) is 13.2 Å². The molecule has 1 amide bonds. The van der Waals surface area contributed by atoms with E-state index < -0.39 is 17.6 Å². The predicted molar refractivity (Wildman–Crippen MR) is 104 cm³/mol. The van der Waals surface area contributed by atoms with Gasteiger partial charge in [-0.2, -0.15) is 18.3 Å². The van der Waals surface area contributed by atoms with Crippen LogP contribution in [0.2, 0.25) is 0 Å². The van der Waals surface area contributed by atoms with Crippen LogP contribution in [0, 0.1) is 0 Å². The van der Waals surface area contributed by atoms with Crippen molar-refractivity contribution in [3.63, 3.8) is 0 Å².